The molecule has 0 bridgehead atoms. The first-order valence-electron chi connectivity index (χ1n) is 6.56. The Hall–Kier alpha value is -1.23. The normalized spacial score (nSPS) is 22.8. The minimum absolute atomic E-state index is 0.352. The van der Waals surface area contributed by atoms with Crippen LogP contribution >= 0.6 is 11.8 Å². The lowest BCUT2D eigenvalue weighted by atomic mass is 9.95. The average molecular weight is 280 g/mol. The van der Waals surface area contributed by atoms with Gasteiger partial charge in [0.25, 0.3) is 0 Å². The highest BCUT2D eigenvalue weighted by molar-refractivity contribution is 7.99. The molecule has 1 fully saturated rings. The standard InChI is InChI=1S/C14H20N2O2S/c1-18-14(17)13-9-11(7-8-15-13)16-10-3-5-12(19-2)6-4-10/h7-10,12H,3-6H2,1-2H3,(H,15,16). The van der Waals surface area contributed by atoms with E-state index in [4.69, 9.17) is 0 Å². The Morgan fingerprint density at radius 1 is 1.42 bits per heavy atom. The highest BCUT2D eigenvalue weighted by atomic mass is 32.2. The van der Waals surface area contributed by atoms with Gasteiger partial charge in [0, 0.05) is 23.2 Å². The molecule has 0 saturated heterocycles. The van der Waals surface area contributed by atoms with Crippen molar-refractivity contribution >= 4 is 23.4 Å². The monoisotopic (exact) mass is 280 g/mol. The molecule has 0 aromatic carbocycles. The van der Waals surface area contributed by atoms with Gasteiger partial charge in [-0.25, -0.2) is 9.78 Å². The van der Waals surface area contributed by atoms with Crippen LogP contribution in [0.25, 0.3) is 0 Å². The highest BCUT2D eigenvalue weighted by Gasteiger charge is 2.20. The summed E-state index contributed by atoms with van der Waals surface area (Å²) >= 11 is 1.96. The molecule has 0 radical (unpaired) electrons. The van der Waals surface area contributed by atoms with Crippen molar-refractivity contribution in [3.8, 4) is 0 Å². The van der Waals surface area contributed by atoms with Gasteiger partial charge >= 0.3 is 5.97 Å². The lowest BCUT2D eigenvalue weighted by molar-refractivity contribution is 0.0594. The van der Waals surface area contributed by atoms with E-state index in [0.29, 0.717) is 11.7 Å². The Morgan fingerprint density at radius 2 is 2.16 bits per heavy atom. The van der Waals surface area contributed by atoms with Crippen LogP contribution in [0.5, 0.6) is 0 Å². The van der Waals surface area contributed by atoms with Crippen molar-refractivity contribution < 1.29 is 9.53 Å². The summed E-state index contributed by atoms with van der Waals surface area (Å²) in [6.45, 7) is 0. The molecule has 0 unspecified atom stereocenters. The molecule has 5 heteroatoms. The molecule has 1 saturated carbocycles. The van der Waals surface area contributed by atoms with Gasteiger partial charge in [0.2, 0.25) is 0 Å². The molecule has 0 atom stereocenters. The molecule has 1 N–H and O–H groups in total. The molecular weight excluding hydrogens is 260 g/mol. The molecule has 1 aromatic rings. The fourth-order valence-electron chi connectivity index (χ4n) is 2.42. The summed E-state index contributed by atoms with van der Waals surface area (Å²) in [6.07, 6.45) is 8.70. The number of methoxy groups -OCH3 is 1. The molecule has 2 rings (SSSR count). The zero-order chi connectivity index (χ0) is 13.7. The number of carbonyl (C=O) groups is 1. The minimum atomic E-state index is -0.394. The van der Waals surface area contributed by atoms with E-state index in [0.717, 1.165) is 10.9 Å². The number of nitrogens with zero attached hydrogens (tertiary/aromatic N) is 1. The number of esters is 1. The Labute approximate surface area is 118 Å². The van der Waals surface area contributed by atoms with Crippen LogP contribution in [0.3, 0.4) is 0 Å². The summed E-state index contributed by atoms with van der Waals surface area (Å²) in [5, 5.41) is 4.29. The van der Waals surface area contributed by atoms with Crippen LogP contribution in [0.4, 0.5) is 5.69 Å². The van der Waals surface area contributed by atoms with Crippen molar-refractivity contribution in [3.05, 3.63) is 24.0 Å². The largest absolute Gasteiger partial charge is 0.464 e. The SMILES string of the molecule is COC(=O)c1cc(NC2CCC(SC)CC2)ccn1. The summed E-state index contributed by atoms with van der Waals surface area (Å²) < 4.78 is 4.68. The number of pyridine rings is 1. The first kappa shape index (κ1) is 14.2. The molecule has 104 valence electrons. The van der Waals surface area contributed by atoms with Gasteiger partial charge in [-0.2, -0.15) is 11.8 Å². The quantitative estimate of drug-likeness (QED) is 0.859. The van der Waals surface area contributed by atoms with Crippen molar-refractivity contribution in [2.45, 2.75) is 37.0 Å². The summed E-state index contributed by atoms with van der Waals surface area (Å²) in [5.41, 5.74) is 1.30. The molecule has 0 aliphatic heterocycles. The summed E-state index contributed by atoms with van der Waals surface area (Å²) in [5.74, 6) is -0.394. The molecule has 19 heavy (non-hydrogen) atoms. The molecule has 1 aliphatic rings. The van der Waals surface area contributed by atoms with Crippen molar-refractivity contribution in [3.63, 3.8) is 0 Å². The third kappa shape index (κ3) is 3.86. The van der Waals surface area contributed by atoms with Crippen molar-refractivity contribution in [1.29, 1.82) is 0 Å². The maximum Gasteiger partial charge on any atom is 0.356 e. The Balaban J connectivity index is 1.94. The van der Waals surface area contributed by atoms with Crippen LogP contribution in [0.15, 0.2) is 18.3 Å². The maximum absolute atomic E-state index is 11.4. The number of aromatic nitrogens is 1. The van der Waals surface area contributed by atoms with Gasteiger partial charge in [0.1, 0.15) is 5.69 Å². The zero-order valence-electron chi connectivity index (χ0n) is 11.4. The number of thioether (sulfide) groups is 1. The Kier molecular flexibility index (Phi) is 5.07. The van der Waals surface area contributed by atoms with Crippen LogP contribution in [-0.4, -0.2) is 35.6 Å². The molecule has 0 amide bonds. The fraction of sp³-hybridized carbons (Fsp3) is 0.571. The van der Waals surface area contributed by atoms with Gasteiger partial charge in [0.15, 0.2) is 0 Å². The predicted octanol–water partition coefficient (Wildman–Crippen LogP) is 2.95. The minimum Gasteiger partial charge on any atom is -0.464 e. The van der Waals surface area contributed by atoms with Crippen LogP contribution in [-0.2, 0) is 4.74 Å². The van der Waals surface area contributed by atoms with E-state index < -0.39 is 5.97 Å². The molecule has 1 aliphatic carbocycles. The van der Waals surface area contributed by atoms with Crippen molar-refractivity contribution in [2.24, 2.45) is 0 Å². The van der Waals surface area contributed by atoms with Crippen molar-refractivity contribution in [2.75, 3.05) is 18.7 Å². The number of hydrogen-bond donors (Lipinski definition) is 1. The van der Waals surface area contributed by atoms with Gasteiger partial charge in [0.05, 0.1) is 7.11 Å². The number of nitrogens with one attached hydrogen (secondary N) is 1. The lowest BCUT2D eigenvalue weighted by Gasteiger charge is -2.28. The second-order valence-electron chi connectivity index (χ2n) is 4.78. The van der Waals surface area contributed by atoms with Gasteiger partial charge in [-0.3, -0.25) is 0 Å². The highest BCUT2D eigenvalue weighted by Crippen LogP contribution is 2.28. The molecule has 1 heterocycles. The number of carbonyl (C=O) groups excluding carboxylic acids is 1. The van der Waals surface area contributed by atoms with E-state index in [-0.39, 0.29) is 0 Å². The average Bonchev–Trinajstić information content (AvgIpc) is 2.47. The number of hydrogen-bond acceptors (Lipinski definition) is 5. The van der Waals surface area contributed by atoms with Crippen molar-refractivity contribution in [1.82, 2.24) is 4.98 Å². The zero-order valence-corrected chi connectivity index (χ0v) is 12.2. The second-order valence-corrected chi connectivity index (χ2v) is 5.91. The van der Waals surface area contributed by atoms with Gasteiger partial charge in [-0.05, 0) is 44.1 Å². The smallest absolute Gasteiger partial charge is 0.356 e. The summed E-state index contributed by atoms with van der Waals surface area (Å²) in [7, 11) is 1.37. The van der Waals surface area contributed by atoms with Crippen LogP contribution in [0.1, 0.15) is 36.2 Å². The van der Waals surface area contributed by atoms with Crippen LogP contribution < -0.4 is 5.32 Å². The Morgan fingerprint density at radius 3 is 2.79 bits per heavy atom. The number of anilines is 1. The Bertz CT molecular complexity index is 431. The van der Waals surface area contributed by atoms with Crippen LogP contribution in [0, 0.1) is 0 Å². The van der Waals surface area contributed by atoms with E-state index in [2.05, 4.69) is 21.3 Å². The number of ether oxygens (including phenoxy) is 1. The lowest BCUT2D eigenvalue weighted by Crippen LogP contribution is -2.27. The number of rotatable bonds is 4. The van der Waals surface area contributed by atoms with E-state index in [9.17, 15) is 4.79 Å². The molecule has 4 nitrogen and oxygen atoms in total. The van der Waals surface area contributed by atoms with E-state index in [1.165, 1.54) is 32.8 Å². The first-order chi connectivity index (χ1) is 9.22. The fourth-order valence-corrected chi connectivity index (χ4v) is 3.16. The molecular formula is C14H20N2O2S. The van der Waals surface area contributed by atoms with E-state index in [1.807, 2.05) is 17.8 Å². The van der Waals surface area contributed by atoms with Gasteiger partial charge in [-0.1, -0.05) is 0 Å². The van der Waals surface area contributed by atoms with Gasteiger partial charge < -0.3 is 10.1 Å². The van der Waals surface area contributed by atoms with E-state index >= 15 is 0 Å². The van der Waals surface area contributed by atoms with Crippen LogP contribution in [0.2, 0.25) is 0 Å². The summed E-state index contributed by atoms with van der Waals surface area (Å²) in [6, 6.07) is 4.15. The first-order valence-corrected chi connectivity index (χ1v) is 7.85. The third-order valence-electron chi connectivity index (χ3n) is 3.53. The van der Waals surface area contributed by atoms with E-state index in [1.54, 1.807) is 12.3 Å². The van der Waals surface area contributed by atoms with Gasteiger partial charge in [-0.15, -0.1) is 0 Å². The maximum atomic E-state index is 11.4. The topological polar surface area (TPSA) is 51.2 Å². The second kappa shape index (κ2) is 6.80. The third-order valence-corrected chi connectivity index (χ3v) is 4.67. The molecule has 1 aromatic heterocycles. The molecule has 0 spiro atoms. The summed E-state index contributed by atoms with van der Waals surface area (Å²) in [4.78, 5) is 15.4. The predicted molar refractivity (Wildman–Crippen MR) is 78.8 cm³/mol.